The van der Waals surface area contributed by atoms with Gasteiger partial charge in [0.1, 0.15) is 0 Å². The van der Waals surface area contributed by atoms with Gasteiger partial charge >= 0.3 is 0 Å². The van der Waals surface area contributed by atoms with Gasteiger partial charge in [0.25, 0.3) is 0 Å². The van der Waals surface area contributed by atoms with Crippen LogP contribution in [0.1, 0.15) is 17.2 Å². The number of rotatable bonds is 2. The number of hydrogen-bond donors (Lipinski definition) is 0. The van der Waals surface area contributed by atoms with Gasteiger partial charge in [0.15, 0.2) is 0 Å². The summed E-state index contributed by atoms with van der Waals surface area (Å²) in [4.78, 5) is 10.7. The van der Waals surface area contributed by atoms with E-state index < -0.39 is 0 Å². The summed E-state index contributed by atoms with van der Waals surface area (Å²) in [5.74, 6) is 0. The zero-order valence-electron chi connectivity index (χ0n) is 12.8. The number of fused-ring (bicyclic) bond motifs is 3. The van der Waals surface area contributed by atoms with Gasteiger partial charge in [0.2, 0.25) is 0 Å². The molecule has 4 heteroatoms. The molecule has 0 saturated heterocycles. The van der Waals surface area contributed by atoms with Gasteiger partial charge in [0, 0.05) is 38.9 Å². The number of aromatic nitrogens is 2. The average molecular weight is 346 g/mol. The van der Waals surface area contributed by atoms with E-state index in [4.69, 9.17) is 9.97 Å². The molecular formula is C20H14N2S2. The fourth-order valence-electron chi connectivity index (χ4n) is 3.16. The van der Waals surface area contributed by atoms with Crippen LogP contribution in [-0.2, 0) is 0 Å². The van der Waals surface area contributed by atoms with E-state index >= 15 is 0 Å². The summed E-state index contributed by atoms with van der Waals surface area (Å²) in [7, 11) is 0. The minimum atomic E-state index is 0.506. The second-order valence-electron chi connectivity index (χ2n) is 5.91. The molecule has 2 nitrogen and oxygen atoms in total. The van der Waals surface area contributed by atoms with Crippen LogP contribution < -0.4 is 0 Å². The summed E-state index contributed by atoms with van der Waals surface area (Å²) in [6.07, 6.45) is 7.29. The quantitative estimate of drug-likeness (QED) is 0.404. The lowest BCUT2D eigenvalue weighted by molar-refractivity contribution is 0.983. The number of nitrogens with zero attached hydrogens (tertiary/aromatic N) is 2. The van der Waals surface area contributed by atoms with Crippen LogP contribution >= 0.6 is 23.1 Å². The van der Waals surface area contributed by atoms with Gasteiger partial charge in [-0.25, -0.2) is 0 Å². The maximum absolute atomic E-state index is 4.75. The van der Waals surface area contributed by atoms with E-state index in [0.717, 1.165) is 22.8 Å². The molecular weight excluding hydrogens is 332 g/mol. The van der Waals surface area contributed by atoms with E-state index in [2.05, 4.69) is 53.3 Å². The van der Waals surface area contributed by atoms with Crippen LogP contribution in [-0.4, -0.2) is 9.97 Å². The maximum Gasteiger partial charge on any atom is 0.0965 e. The molecule has 4 aromatic rings. The summed E-state index contributed by atoms with van der Waals surface area (Å²) in [6, 6.07) is 13.0. The van der Waals surface area contributed by atoms with Crippen LogP contribution in [0.25, 0.3) is 32.2 Å². The van der Waals surface area contributed by atoms with Gasteiger partial charge < -0.3 is 0 Å². The zero-order valence-corrected chi connectivity index (χ0v) is 14.5. The first-order valence-corrected chi connectivity index (χ1v) is 9.73. The topological polar surface area (TPSA) is 25.8 Å². The lowest BCUT2D eigenvalue weighted by Gasteiger charge is -2.10. The molecule has 3 aromatic heterocycles. The van der Waals surface area contributed by atoms with Crippen molar-refractivity contribution in [3.05, 3.63) is 71.2 Å². The van der Waals surface area contributed by atoms with E-state index in [0.29, 0.717) is 5.25 Å². The number of thiophene rings is 1. The summed E-state index contributed by atoms with van der Waals surface area (Å²) in [6.45, 7) is 0. The minimum Gasteiger partial charge on any atom is -0.254 e. The molecule has 0 radical (unpaired) electrons. The van der Waals surface area contributed by atoms with Crippen LogP contribution in [0.3, 0.4) is 0 Å². The highest BCUT2D eigenvalue weighted by molar-refractivity contribution is 8.02. The van der Waals surface area contributed by atoms with E-state index in [9.17, 15) is 0 Å². The van der Waals surface area contributed by atoms with Crippen molar-refractivity contribution in [1.82, 2.24) is 9.97 Å². The van der Waals surface area contributed by atoms with Crippen molar-refractivity contribution in [2.24, 2.45) is 0 Å². The van der Waals surface area contributed by atoms with Crippen molar-refractivity contribution in [2.45, 2.75) is 11.7 Å². The molecule has 0 amide bonds. The average Bonchev–Trinajstić information content (AvgIpc) is 3.34. The monoisotopic (exact) mass is 346 g/mol. The minimum absolute atomic E-state index is 0.506. The lowest BCUT2D eigenvalue weighted by Crippen LogP contribution is -1.92. The van der Waals surface area contributed by atoms with E-state index in [1.54, 1.807) is 11.3 Å². The van der Waals surface area contributed by atoms with Crippen LogP contribution in [0.4, 0.5) is 0 Å². The molecule has 5 rings (SSSR count). The van der Waals surface area contributed by atoms with Gasteiger partial charge in [-0.2, -0.15) is 0 Å². The fourth-order valence-corrected chi connectivity index (χ4v) is 4.79. The van der Waals surface area contributed by atoms with Crippen molar-refractivity contribution in [2.75, 3.05) is 0 Å². The maximum atomic E-state index is 4.75. The van der Waals surface area contributed by atoms with Crippen LogP contribution in [0.15, 0.2) is 65.7 Å². The van der Waals surface area contributed by atoms with Gasteiger partial charge in [-0.1, -0.05) is 24.3 Å². The number of benzene rings is 1. The van der Waals surface area contributed by atoms with Gasteiger partial charge in [-0.05, 0) is 41.0 Å². The Bertz CT molecular complexity index is 1060. The third-order valence-corrected chi connectivity index (χ3v) is 6.45. The van der Waals surface area contributed by atoms with E-state index in [1.807, 2.05) is 24.2 Å². The Hall–Kier alpha value is -2.17. The van der Waals surface area contributed by atoms with Crippen LogP contribution in [0, 0.1) is 0 Å². The standard InChI is InChI=1S/C20H14N2S2/c1-3-17(23-7-1)15-9-13-5-6-14-10-16(18-4-2-8-24-18)12-22-20(14)19(13)21-11-15/h1-3,5-12,18H,4H2. The Morgan fingerprint density at radius 1 is 0.958 bits per heavy atom. The molecule has 0 N–H and O–H groups in total. The molecule has 0 spiro atoms. The summed E-state index contributed by atoms with van der Waals surface area (Å²) >= 11 is 3.61. The largest absolute Gasteiger partial charge is 0.254 e. The second kappa shape index (κ2) is 5.72. The number of allylic oxidation sites excluding steroid dienone is 1. The molecule has 116 valence electrons. The lowest BCUT2D eigenvalue weighted by atomic mass is 10.1. The number of pyridine rings is 2. The Balaban J connectivity index is 1.64. The fraction of sp³-hybridized carbons (Fsp3) is 0.100. The highest BCUT2D eigenvalue weighted by Crippen LogP contribution is 2.39. The van der Waals surface area contributed by atoms with Gasteiger partial charge in [0.05, 0.1) is 11.0 Å². The molecule has 1 aromatic carbocycles. The summed E-state index contributed by atoms with van der Waals surface area (Å²) < 4.78 is 0. The first-order valence-electron chi connectivity index (χ1n) is 7.91. The van der Waals surface area contributed by atoms with E-state index in [1.165, 1.54) is 21.4 Å². The summed E-state index contributed by atoms with van der Waals surface area (Å²) in [5.41, 5.74) is 4.44. The molecule has 0 fully saturated rings. The first kappa shape index (κ1) is 14.2. The van der Waals surface area contributed by atoms with Crippen molar-refractivity contribution in [1.29, 1.82) is 0 Å². The van der Waals surface area contributed by atoms with Crippen molar-refractivity contribution < 1.29 is 0 Å². The molecule has 0 bridgehead atoms. The molecule has 4 heterocycles. The van der Waals surface area contributed by atoms with Gasteiger partial charge in [-0.3, -0.25) is 9.97 Å². The Kier molecular flexibility index (Phi) is 3.39. The zero-order chi connectivity index (χ0) is 15.9. The first-order chi connectivity index (χ1) is 11.9. The molecule has 1 unspecified atom stereocenters. The highest BCUT2D eigenvalue weighted by atomic mass is 32.2. The van der Waals surface area contributed by atoms with Crippen molar-refractivity contribution >= 4 is 44.9 Å². The molecule has 0 aliphatic carbocycles. The van der Waals surface area contributed by atoms with E-state index in [-0.39, 0.29) is 0 Å². The number of hydrogen-bond acceptors (Lipinski definition) is 4. The number of thioether (sulfide) groups is 1. The smallest absolute Gasteiger partial charge is 0.0965 e. The third kappa shape index (κ3) is 2.34. The van der Waals surface area contributed by atoms with Crippen molar-refractivity contribution in [3.63, 3.8) is 0 Å². The second-order valence-corrected chi connectivity index (χ2v) is 7.97. The summed E-state index contributed by atoms with van der Waals surface area (Å²) in [5, 5.41) is 7.10. The normalized spacial score (nSPS) is 17.1. The molecule has 0 saturated carbocycles. The Morgan fingerprint density at radius 3 is 2.54 bits per heavy atom. The third-order valence-electron chi connectivity index (χ3n) is 4.39. The van der Waals surface area contributed by atoms with Crippen molar-refractivity contribution in [3.8, 4) is 10.4 Å². The molecule has 1 aliphatic heterocycles. The Morgan fingerprint density at radius 2 is 1.79 bits per heavy atom. The molecule has 24 heavy (non-hydrogen) atoms. The van der Waals surface area contributed by atoms with Gasteiger partial charge in [-0.15, -0.1) is 23.1 Å². The highest BCUT2D eigenvalue weighted by Gasteiger charge is 2.15. The van der Waals surface area contributed by atoms with Crippen LogP contribution in [0.2, 0.25) is 0 Å². The SMILES string of the molecule is C1=CSC(c2cnc3c(ccc4cc(-c5cccs5)cnc43)c2)C1. The molecule has 1 aliphatic rings. The van der Waals surface area contributed by atoms with Crippen LogP contribution in [0.5, 0.6) is 0 Å². The Labute approximate surface area is 148 Å². The predicted molar refractivity (Wildman–Crippen MR) is 104 cm³/mol. The predicted octanol–water partition coefficient (Wildman–Crippen LogP) is 6.20. The molecule has 1 atom stereocenters.